The van der Waals surface area contributed by atoms with Gasteiger partial charge >= 0.3 is 0 Å². The lowest BCUT2D eigenvalue weighted by Crippen LogP contribution is -2.25. The summed E-state index contributed by atoms with van der Waals surface area (Å²) in [5.74, 6) is 1.73. The summed E-state index contributed by atoms with van der Waals surface area (Å²) in [5, 5.41) is 5.93. The molecule has 2 aromatic carbocycles. The van der Waals surface area contributed by atoms with Crippen LogP contribution in [0.2, 0.25) is 5.02 Å². The van der Waals surface area contributed by atoms with Gasteiger partial charge in [-0.25, -0.2) is 4.98 Å². The number of fused-ring (bicyclic) bond motifs is 1. The summed E-state index contributed by atoms with van der Waals surface area (Å²) in [6, 6.07) is 15.1. The second kappa shape index (κ2) is 9.70. The predicted molar refractivity (Wildman–Crippen MR) is 142 cm³/mol. The Kier molecular flexibility index (Phi) is 6.48. The topological polar surface area (TPSA) is 61.4 Å². The minimum absolute atomic E-state index is 0.127. The van der Waals surface area contributed by atoms with E-state index in [2.05, 4.69) is 10.6 Å². The molecular formula is C28H29ClN4O2. The monoisotopic (exact) mass is 488 g/mol. The lowest BCUT2D eigenvalue weighted by Gasteiger charge is -2.22. The molecule has 4 aromatic rings. The van der Waals surface area contributed by atoms with E-state index in [-0.39, 0.29) is 11.5 Å². The molecule has 1 fully saturated rings. The molecule has 0 amide bonds. The first kappa shape index (κ1) is 23.4. The first-order valence-electron chi connectivity index (χ1n) is 12.1. The molecule has 0 radical (unpaired) electrons. The Bertz CT molecular complexity index is 1480. The minimum atomic E-state index is -0.127. The van der Waals surface area contributed by atoms with Gasteiger partial charge in [0.2, 0.25) is 0 Å². The summed E-state index contributed by atoms with van der Waals surface area (Å²) in [7, 11) is 1.65. The highest BCUT2D eigenvalue weighted by atomic mass is 35.5. The summed E-state index contributed by atoms with van der Waals surface area (Å²) in [5.41, 5.74) is 4.38. The van der Waals surface area contributed by atoms with Crippen molar-refractivity contribution >= 4 is 28.7 Å². The summed E-state index contributed by atoms with van der Waals surface area (Å²) in [6.07, 6.45) is 7.36. The Labute approximate surface area is 209 Å². The zero-order chi connectivity index (χ0) is 24.5. The molecular weight excluding hydrogens is 460 g/mol. The molecule has 6 nitrogen and oxygen atoms in total. The molecule has 0 aliphatic heterocycles. The van der Waals surface area contributed by atoms with Gasteiger partial charge in [-0.2, -0.15) is 9.78 Å². The van der Waals surface area contributed by atoms with Gasteiger partial charge in [-0.15, -0.1) is 0 Å². The van der Waals surface area contributed by atoms with E-state index in [1.165, 1.54) is 11.1 Å². The molecule has 0 bridgehead atoms. The van der Waals surface area contributed by atoms with Crippen molar-refractivity contribution in [1.82, 2.24) is 14.2 Å². The number of aryl methyl sites for hydroxylation is 1. The molecule has 1 aliphatic carbocycles. The number of methoxy groups -OCH3 is 1. The molecule has 35 heavy (non-hydrogen) atoms. The average Bonchev–Trinajstić information content (AvgIpc) is 3.16. The Morgan fingerprint density at radius 2 is 1.86 bits per heavy atom. The van der Waals surface area contributed by atoms with Crippen molar-refractivity contribution in [3.05, 3.63) is 86.7 Å². The fourth-order valence-electron chi connectivity index (χ4n) is 5.12. The largest absolute Gasteiger partial charge is 0.495 e. The third-order valence-electron chi connectivity index (χ3n) is 6.91. The van der Waals surface area contributed by atoms with Crippen LogP contribution in [0.3, 0.4) is 0 Å². The third-order valence-corrected chi connectivity index (χ3v) is 7.15. The van der Waals surface area contributed by atoms with Crippen LogP contribution in [-0.2, 0) is 0 Å². The molecule has 5 rings (SSSR count). The highest BCUT2D eigenvalue weighted by Crippen LogP contribution is 2.32. The number of para-hydroxylation sites is 1. The van der Waals surface area contributed by atoms with Crippen LogP contribution in [0.4, 0.5) is 0 Å². The Hall–Kier alpha value is -3.38. The zero-order valence-corrected chi connectivity index (χ0v) is 21.0. The van der Waals surface area contributed by atoms with Crippen LogP contribution in [0.1, 0.15) is 60.8 Å². The number of aromatic nitrogens is 3. The van der Waals surface area contributed by atoms with Crippen molar-refractivity contribution in [2.45, 2.75) is 51.9 Å². The van der Waals surface area contributed by atoms with Crippen molar-refractivity contribution < 1.29 is 4.74 Å². The van der Waals surface area contributed by atoms with Crippen LogP contribution in [0.15, 0.2) is 58.4 Å². The normalized spacial score (nSPS) is 14.7. The summed E-state index contributed by atoms with van der Waals surface area (Å²) >= 11 is 6.29. The molecule has 0 spiro atoms. The van der Waals surface area contributed by atoms with Crippen LogP contribution in [0, 0.1) is 13.8 Å². The molecule has 0 atom stereocenters. The van der Waals surface area contributed by atoms with Gasteiger partial charge in [0.1, 0.15) is 11.6 Å². The summed E-state index contributed by atoms with van der Waals surface area (Å²) < 4.78 is 9.19. The molecule has 1 aliphatic rings. The van der Waals surface area contributed by atoms with Crippen molar-refractivity contribution in [3.63, 3.8) is 0 Å². The van der Waals surface area contributed by atoms with Gasteiger partial charge in [-0.1, -0.05) is 43.0 Å². The lowest BCUT2D eigenvalue weighted by molar-refractivity contribution is 0.412. The minimum Gasteiger partial charge on any atom is -0.495 e. The molecule has 1 saturated carbocycles. The number of hydrogen-bond acceptors (Lipinski definition) is 4. The maximum absolute atomic E-state index is 13.5. The van der Waals surface area contributed by atoms with Crippen molar-refractivity contribution in [2.75, 3.05) is 7.11 Å². The second-order valence-electron chi connectivity index (χ2n) is 9.16. The molecule has 180 valence electrons. The predicted octanol–water partition coefficient (Wildman–Crippen LogP) is 6.40. The average molecular weight is 489 g/mol. The van der Waals surface area contributed by atoms with Gasteiger partial charge < -0.3 is 9.30 Å². The Balaban J connectivity index is 1.62. The van der Waals surface area contributed by atoms with Gasteiger partial charge in [0, 0.05) is 27.9 Å². The Morgan fingerprint density at radius 3 is 2.63 bits per heavy atom. The molecule has 2 aromatic heterocycles. The molecule has 7 heteroatoms. The van der Waals surface area contributed by atoms with E-state index in [0.717, 1.165) is 65.4 Å². The first-order chi connectivity index (χ1) is 17.0. The van der Waals surface area contributed by atoms with Gasteiger partial charge in [0.05, 0.1) is 29.9 Å². The van der Waals surface area contributed by atoms with Crippen LogP contribution in [-0.4, -0.2) is 27.6 Å². The Morgan fingerprint density at radius 1 is 1.09 bits per heavy atom. The first-order valence-corrected chi connectivity index (χ1v) is 12.4. The highest BCUT2D eigenvalue weighted by molar-refractivity contribution is 6.30. The number of hydrogen-bond donors (Lipinski definition) is 0. The number of rotatable bonds is 5. The van der Waals surface area contributed by atoms with Gasteiger partial charge in [0.15, 0.2) is 0 Å². The van der Waals surface area contributed by atoms with Crippen LogP contribution >= 0.6 is 11.6 Å². The lowest BCUT2D eigenvalue weighted by atomic mass is 9.88. The van der Waals surface area contributed by atoms with Crippen LogP contribution in [0.25, 0.3) is 16.6 Å². The highest BCUT2D eigenvalue weighted by Gasteiger charge is 2.22. The maximum Gasteiger partial charge on any atom is 0.282 e. The van der Waals surface area contributed by atoms with Gasteiger partial charge in [-0.3, -0.25) is 4.79 Å². The van der Waals surface area contributed by atoms with E-state index in [4.69, 9.17) is 26.4 Å². The van der Waals surface area contributed by atoms with E-state index in [1.807, 2.05) is 56.3 Å². The van der Waals surface area contributed by atoms with Crippen molar-refractivity contribution in [1.29, 1.82) is 0 Å². The smallest absolute Gasteiger partial charge is 0.282 e. The molecule has 0 saturated heterocycles. The van der Waals surface area contributed by atoms with Gasteiger partial charge in [-0.05, 0) is 63.1 Å². The van der Waals surface area contributed by atoms with E-state index in [9.17, 15) is 4.79 Å². The number of ether oxygens (including phenoxy) is 1. The van der Waals surface area contributed by atoms with E-state index in [1.54, 1.807) is 13.3 Å². The summed E-state index contributed by atoms with van der Waals surface area (Å²) in [6.45, 7) is 4.06. The van der Waals surface area contributed by atoms with Crippen molar-refractivity contribution in [3.8, 4) is 11.4 Å². The van der Waals surface area contributed by atoms with Crippen LogP contribution < -0.4 is 10.3 Å². The molecule has 2 heterocycles. The molecule has 0 N–H and O–H groups in total. The molecule has 0 unspecified atom stereocenters. The fourth-order valence-corrected chi connectivity index (χ4v) is 5.29. The van der Waals surface area contributed by atoms with E-state index in [0.29, 0.717) is 10.4 Å². The van der Waals surface area contributed by atoms with E-state index < -0.39 is 0 Å². The van der Waals surface area contributed by atoms with Crippen LogP contribution in [0.5, 0.6) is 5.75 Å². The van der Waals surface area contributed by atoms with Crippen molar-refractivity contribution in [2.24, 2.45) is 5.10 Å². The second-order valence-corrected chi connectivity index (χ2v) is 9.60. The standard InChI is InChI=1S/C28H29ClN4O2/c1-18-15-21(19(2)32(18)25-16-22(29)13-14-26(25)35-3)17-30-33-27(20-9-5-4-6-10-20)31-24-12-8-7-11-23(24)28(33)34/h7-8,11-17,20H,4-6,9-10H2,1-3H3. The quantitative estimate of drug-likeness (QED) is 0.305. The number of nitrogens with zero attached hydrogens (tertiary/aromatic N) is 4. The SMILES string of the molecule is COc1ccc(Cl)cc1-n1c(C)cc(C=Nn2c(C3CCCCC3)nc3ccccc3c2=O)c1C. The number of benzene rings is 2. The number of halogens is 1. The van der Waals surface area contributed by atoms with Gasteiger partial charge in [0.25, 0.3) is 5.56 Å². The fraction of sp³-hybridized carbons (Fsp3) is 0.321. The zero-order valence-electron chi connectivity index (χ0n) is 20.3. The third kappa shape index (κ3) is 4.39. The maximum atomic E-state index is 13.5. The summed E-state index contributed by atoms with van der Waals surface area (Å²) in [4.78, 5) is 18.4. The van der Waals surface area contributed by atoms with E-state index >= 15 is 0 Å².